The molecule has 3 rings (SSSR count). The fourth-order valence-corrected chi connectivity index (χ4v) is 2.90. The van der Waals surface area contributed by atoms with Crippen LogP contribution < -0.4 is 10.2 Å². The molecule has 1 aliphatic heterocycles. The molecule has 0 bridgehead atoms. The summed E-state index contributed by atoms with van der Waals surface area (Å²) in [6, 6.07) is 4.08. The largest absolute Gasteiger partial charge is 0.378 e. The van der Waals surface area contributed by atoms with Crippen molar-refractivity contribution in [1.29, 1.82) is 0 Å². The predicted octanol–water partition coefficient (Wildman–Crippen LogP) is 1.84. The van der Waals surface area contributed by atoms with Crippen LogP contribution in [0.5, 0.6) is 0 Å². The summed E-state index contributed by atoms with van der Waals surface area (Å²) in [7, 11) is 0. The van der Waals surface area contributed by atoms with E-state index in [0.29, 0.717) is 11.6 Å². The molecule has 1 aromatic heterocycles. The minimum atomic E-state index is -0.0653. The lowest BCUT2D eigenvalue weighted by molar-refractivity contribution is 0.0904. The Labute approximate surface area is 125 Å². The van der Waals surface area contributed by atoms with Crippen molar-refractivity contribution < 1.29 is 9.53 Å². The molecule has 1 atom stereocenters. The van der Waals surface area contributed by atoms with Crippen LogP contribution in [0.2, 0.25) is 0 Å². The van der Waals surface area contributed by atoms with Gasteiger partial charge in [0.1, 0.15) is 5.69 Å². The van der Waals surface area contributed by atoms with Gasteiger partial charge in [-0.3, -0.25) is 9.78 Å². The van der Waals surface area contributed by atoms with Gasteiger partial charge in [-0.1, -0.05) is 6.42 Å². The zero-order chi connectivity index (χ0) is 14.7. The molecule has 1 saturated carbocycles. The maximum atomic E-state index is 12.3. The third-order valence-electron chi connectivity index (χ3n) is 4.57. The first-order valence-electron chi connectivity index (χ1n) is 7.83. The number of nitrogens with one attached hydrogen (secondary N) is 1. The van der Waals surface area contributed by atoms with E-state index in [1.807, 2.05) is 12.1 Å². The number of pyridine rings is 1. The lowest BCUT2D eigenvalue weighted by Crippen LogP contribution is -2.41. The molecule has 2 heterocycles. The molecule has 114 valence electrons. The molecule has 1 unspecified atom stereocenters. The maximum Gasteiger partial charge on any atom is 0.270 e. The lowest BCUT2D eigenvalue weighted by Gasteiger charge is -2.32. The highest BCUT2D eigenvalue weighted by atomic mass is 16.5. The molecule has 1 aliphatic carbocycles. The highest BCUT2D eigenvalue weighted by molar-refractivity contribution is 5.93. The topological polar surface area (TPSA) is 54.5 Å². The van der Waals surface area contributed by atoms with Gasteiger partial charge >= 0.3 is 0 Å². The summed E-state index contributed by atoms with van der Waals surface area (Å²) >= 11 is 0. The molecule has 1 N–H and O–H groups in total. The number of hydrogen-bond donors (Lipinski definition) is 1. The number of rotatable bonds is 4. The second kappa shape index (κ2) is 6.43. The lowest BCUT2D eigenvalue weighted by atomic mass is 9.80. The van der Waals surface area contributed by atoms with Crippen molar-refractivity contribution in [3.8, 4) is 0 Å². The van der Waals surface area contributed by atoms with E-state index in [9.17, 15) is 4.79 Å². The molecule has 1 saturated heterocycles. The highest BCUT2D eigenvalue weighted by Crippen LogP contribution is 2.29. The summed E-state index contributed by atoms with van der Waals surface area (Å²) in [4.78, 5) is 18.8. The van der Waals surface area contributed by atoms with E-state index in [0.717, 1.165) is 32.0 Å². The van der Waals surface area contributed by atoms with Crippen molar-refractivity contribution >= 4 is 11.6 Å². The van der Waals surface area contributed by atoms with E-state index in [4.69, 9.17) is 4.74 Å². The van der Waals surface area contributed by atoms with Gasteiger partial charge < -0.3 is 15.0 Å². The predicted molar refractivity (Wildman–Crippen MR) is 81.5 cm³/mol. The zero-order valence-electron chi connectivity index (χ0n) is 12.5. The average Bonchev–Trinajstić information content (AvgIpc) is 2.46. The normalized spacial score (nSPS) is 20.7. The van der Waals surface area contributed by atoms with Crippen LogP contribution in [0.4, 0.5) is 5.69 Å². The van der Waals surface area contributed by atoms with Crippen LogP contribution >= 0.6 is 0 Å². The standard InChI is InChI=1S/C16H23N3O2/c1-12(13-3-2-4-13)18-16(20)15-11-14(5-6-17-15)19-7-9-21-10-8-19/h5-6,11-13H,2-4,7-10H2,1H3,(H,18,20). The number of morpholine rings is 1. The smallest absolute Gasteiger partial charge is 0.270 e. The third-order valence-corrected chi connectivity index (χ3v) is 4.57. The first kappa shape index (κ1) is 14.3. The maximum absolute atomic E-state index is 12.3. The van der Waals surface area contributed by atoms with E-state index in [2.05, 4.69) is 22.1 Å². The number of ether oxygens (including phenoxy) is 1. The number of hydrogen-bond acceptors (Lipinski definition) is 4. The van der Waals surface area contributed by atoms with Gasteiger partial charge in [-0.2, -0.15) is 0 Å². The van der Waals surface area contributed by atoms with Crippen LogP contribution in [0.25, 0.3) is 0 Å². The Kier molecular flexibility index (Phi) is 4.39. The van der Waals surface area contributed by atoms with E-state index in [1.165, 1.54) is 19.3 Å². The van der Waals surface area contributed by atoms with Crippen molar-refractivity contribution in [2.75, 3.05) is 31.2 Å². The van der Waals surface area contributed by atoms with Crippen LogP contribution in [-0.2, 0) is 4.74 Å². The molecular weight excluding hydrogens is 266 g/mol. The number of anilines is 1. The molecule has 21 heavy (non-hydrogen) atoms. The van der Waals surface area contributed by atoms with Crippen molar-refractivity contribution in [2.45, 2.75) is 32.2 Å². The number of carbonyl (C=O) groups excluding carboxylic acids is 1. The quantitative estimate of drug-likeness (QED) is 0.919. The summed E-state index contributed by atoms with van der Waals surface area (Å²) in [6.07, 6.45) is 5.45. The van der Waals surface area contributed by atoms with Crippen molar-refractivity contribution in [1.82, 2.24) is 10.3 Å². The molecule has 0 radical (unpaired) electrons. The molecule has 0 spiro atoms. The minimum Gasteiger partial charge on any atom is -0.378 e. The van der Waals surface area contributed by atoms with Crippen molar-refractivity contribution in [2.24, 2.45) is 5.92 Å². The van der Waals surface area contributed by atoms with Crippen molar-refractivity contribution in [3.63, 3.8) is 0 Å². The van der Waals surface area contributed by atoms with Crippen LogP contribution in [0.15, 0.2) is 18.3 Å². The van der Waals surface area contributed by atoms with Gasteiger partial charge in [-0.15, -0.1) is 0 Å². The Balaban J connectivity index is 1.65. The highest BCUT2D eigenvalue weighted by Gasteiger charge is 2.25. The van der Waals surface area contributed by atoms with Gasteiger partial charge in [0.25, 0.3) is 5.91 Å². The van der Waals surface area contributed by atoms with E-state index < -0.39 is 0 Å². The number of carbonyl (C=O) groups is 1. The molecule has 2 fully saturated rings. The minimum absolute atomic E-state index is 0.0653. The van der Waals surface area contributed by atoms with Gasteiger partial charge in [0.2, 0.25) is 0 Å². The SMILES string of the molecule is CC(NC(=O)c1cc(N2CCOCC2)ccn1)C1CCC1. The molecule has 1 amide bonds. The van der Waals surface area contributed by atoms with Crippen molar-refractivity contribution in [3.05, 3.63) is 24.0 Å². The van der Waals surface area contributed by atoms with Gasteiger partial charge in [0.15, 0.2) is 0 Å². The molecule has 2 aliphatic rings. The summed E-state index contributed by atoms with van der Waals surface area (Å²) in [6.45, 7) is 5.30. The fourth-order valence-electron chi connectivity index (χ4n) is 2.90. The summed E-state index contributed by atoms with van der Waals surface area (Å²) in [5, 5.41) is 3.08. The summed E-state index contributed by atoms with van der Waals surface area (Å²) < 4.78 is 5.36. The van der Waals surface area contributed by atoms with Gasteiger partial charge in [0, 0.05) is 31.0 Å². The van der Waals surface area contributed by atoms with E-state index in [-0.39, 0.29) is 11.9 Å². The fraction of sp³-hybridized carbons (Fsp3) is 0.625. The first-order chi connectivity index (χ1) is 10.2. The van der Waals surface area contributed by atoms with E-state index in [1.54, 1.807) is 6.20 Å². The van der Waals surface area contributed by atoms with E-state index >= 15 is 0 Å². The summed E-state index contributed by atoms with van der Waals surface area (Å²) in [5.74, 6) is 0.570. The second-order valence-corrected chi connectivity index (χ2v) is 5.95. The third kappa shape index (κ3) is 3.35. The number of aromatic nitrogens is 1. The Morgan fingerprint density at radius 2 is 2.19 bits per heavy atom. The number of nitrogens with zero attached hydrogens (tertiary/aromatic N) is 2. The van der Waals surface area contributed by atoms with Crippen LogP contribution in [0.3, 0.4) is 0 Å². The zero-order valence-corrected chi connectivity index (χ0v) is 12.5. The Morgan fingerprint density at radius 1 is 1.43 bits per heavy atom. The second-order valence-electron chi connectivity index (χ2n) is 5.95. The molecule has 0 aromatic carbocycles. The average molecular weight is 289 g/mol. The van der Waals surface area contributed by atoms with Gasteiger partial charge in [-0.25, -0.2) is 0 Å². The Morgan fingerprint density at radius 3 is 2.86 bits per heavy atom. The first-order valence-corrected chi connectivity index (χ1v) is 7.83. The monoisotopic (exact) mass is 289 g/mol. The van der Waals surface area contributed by atoms with Gasteiger partial charge in [-0.05, 0) is 37.8 Å². The van der Waals surface area contributed by atoms with Crippen LogP contribution in [0.1, 0.15) is 36.7 Å². The molecule has 5 nitrogen and oxygen atoms in total. The Bertz CT molecular complexity index is 496. The summed E-state index contributed by atoms with van der Waals surface area (Å²) in [5.41, 5.74) is 1.56. The molecular formula is C16H23N3O2. The van der Waals surface area contributed by atoms with Gasteiger partial charge in [0.05, 0.1) is 13.2 Å². The Hall–Kier alpha value is -1.62. The molecule has 1 aromatic rings. The number of amides is 1. The van der Waals surface area contributed by atoms with Crippen LogP contribution in [-0.4, -0.2) is 43.2 Å². The van der Waals surface area contributed by atoms with Crippen LogP contribution in [0, 0.1) is 5.92 Å². The molecule has 5 heteroatoms.